The van der Waals surface area contributed by atoms with Gasteiger partial charge in [0.2, 0.25) is 0 Å². The van der Waals surface area contributed by atoms with Crippen LogP contribution in [0.3, 0.4) is 0 Å². The summed E-state index contributed by atoms with van der Waals surface area (Å²) in [5, 5.41) is 0. The molecule has 1 fully saturated rings. The Morgan fingerprint density at radius 2 is 1.81 bits per heavy atom. The SMILES string of the molecule is Nc1ccc(N2CCC(C(=O)c3ccccc3)CC2)nc1. The van der Waals surface area contributed by atoms with Crippen molar-refractivity contribution in [3.05, 3.63) is 54.2 Å². The first-order chi connectivity index (χ1) is 10.2. The first-order valence-corrected chi connectivity index (χ1v) is 7.30. The molecule has 1 aromatic heterocycles. The summed E-state index contributed by atoms with van der Waals surface area (Å²) in [6, 6.07) is 13.4. The van der Waals surface area contributed by atoms with Crippen molar-refractivity contribution < 1.29 is 4.79 Å². The smallest absolute Gasteiger partial charge is 0.166 e. The minimum atomic E-state index is 0.123. The number of pyridine rings is 1. The summed E-state index contributed by atoms with van der Waals surface area (Å²) in [5.74, 6) is 1.33. The van der Waals surface area contributed by atoms with Gasteiger partial charge in [0.05, 0.1) is 11.9 Å². The second-order valence-electron chi connectivity index (χ2n) is 5.44. The van der Waals surface area contributed by atoms with Crippen LogP contribution in [0.25, 0.3) is 0 Å². The molecule has 1 aliphatic rings. The molecule has 0 bridgehead atoms. The molecule has 0 atom stereocenters. The molecule has 1 aliphatic heterocycles. The van der Waals surface area contributed by atoms with Gasteiger partial charge in [0, 0.05) is 24.6 Å². The van der Waals surface area contributed by atoms with E-state index in [9.17, 15) is 4.79 Å². The number of nitrogen functional groups attached to an aromatic ring is 1. The number of anilines is 2. The summed E-state index contributed by atoms with van der Waals surface area (Å²) in [6.07, 6.45) is 3.43. The molecular weight excluding hydrogens is 262 g/mol. The molecular formula is C17H19N3O. The summed E-state index contributed by atoms with van der Waals surface area (Å²) in [7, 11) is 0. The number of nitrogens with two attached hydrogens (primary N) is 1. The highest BCUT2D eigenvalue weighted by Crippen LogP contribution is 2.25. The predicted molar refractivity (Wildman–Crippen MR) is 84.4 cm³/mol. The lowest BCUT2D eigenvalue weighted by Gasteiger charge is -2.32. The number of benzene rings is 1. The molecule has 4 nitrogen and oxygen atoms in total. The number of carbonyl (C=O) groups is 1. The molecule has 21 heavy (non-hydrogen) atoms. The summed E-state index contributed by atoms with van der Waals surface area (Å²) in [5.41, 5.74) is 7.15. The molecule has 2 N–H and O–H groups in total. The molecule has 2 heterocycles. The predicted octanol–water partition coefficient (Wildman–Crippen LogP) is 2.76. The highest BCUT2D eigenvalue weighted by Gasteiger charge is 2.26. The molecule has 4 heteroatoms. The Morgan fingerprint density at radius 3 is 2.43 bits per heavy atom. The van der Waals surface area contributed by atoms with Gasteiger partial charge in [-0.05, 0) is 25.0 Å². The van der Waals surface area contributed by atoms with Crippen molar-refractivity contribution in [2.75, 3.05) is 23.7 Å². The van der Waals surface area contributed by atoms with Gasteiger partial charge in [-0.25, -0.2) is 4.98 Å². The zero-order chi connectivity index (χ0) is 14.7. The minimum absolute atomic E-state index is 0.123. The third-order valence-corrected chi connectivity index (χ3v) is 4.02. The quantitative estimate of drug-likeness (QED) is 0.879. The van der Waals surface area contributed by atoms with Crippen LogP contribution in [0.1, 0.15) is 23.2 Å². The number of piperidine rings is 1. The fourth-order valence-corrected chi connectivity index (χ4v) is 2.79. The lowest BCUT2D eigenvalue weighted by molar-refractivity contribution is 0.0900. The number of hydrogen-bond acceptors (Lipinski definition) is 4. The molecule has 1 saturated heterocycles. The molecule has 108 valence electrons. The van der Waals surface area contributed by atoms with Gasteiger partial charge in [-0.15, -0.1) is 0 Å². The molecule has 0 aliphatic carbocycles. The Kier molecular flexibility index (Phi) is 3.86. The van der Waals surface area contributed by atoms with Crippen molar-refractivity contribution in [1.82, 2.24) is 4.98 Å². The van der Waals surface area contributed by atoms with Crippen molar-refractivity contribution in [2.45, 2.75) is 12.8 Å². The minimum Gasteiger partial charge on any atom is -0.397 e. The van der Waals surface area contributed by atoms with Gasteiger partial charge in [0.1, 0.15) is 5.82 Å². The number of nitrogens with zero attached hydrogens (tertiary/aromatic N) is 2. The molecule has 2 aromatic rings. The average Bonchev–Trinajstić information content (AvgIpc) is 2.56. The van der Waals surface area contributed by atoms with E-state index in [1.165, 1.54) is 0 Å². The molecule has 0 saturated carbocycles. The maximum Gasteiger partial charge on any atom is 0.166 e. The second-order valence-corrected chi connectivity index (χ2v) is 5.44. The Bertz CT molecular complexity index is 602. The molecule has 0 radical (unpaired) electrons. The van der Waals surface area contributed by atoms with Crippen LogP contribution in [-0.4, -0.2) is 23.9 Å². The standard InChI is InChI=1S/C17H19N3O/c18-15-6-7-16(19-12-15)20-10-8-14(9-11-20)17(21)13-4-2-1-3-5-13/h1-7,12,14H,8-11,18H2. The van der Waals surface area contributed by atoms with Gasteiger partial charge in [0.25, 0.3) is 0 Å². The number of ketones is 1. The van der Waals surface area contributed by atoms with E-state index in [-0.39, 0.29) is 11.7 Å². The van der Waals surface area contributed by atoms with E-state index < -0.39 is 0 Å². The summed E-state index contributed by atoms with van der Waals surface area (Å²) >= 11 is 0. The number of hydrogen-bond donors (Lipinski definition) is 1. The lowest BCUT2D eigenvalue weighted by Crippen LogP contribution is -2.36. The summed E-state index contributed by atoms with van der Waals surface area (Å²) < 4.78 is 0. The maximum absolute atomic E-state index is 12.4. The van der Waals surface area contributed by atoms with Crippen LogP contribution in [0.15, 0.2) is 48.7 Å². The van der Waals surface area contributed by atoms with Crippen LogP contribution in [0, 0.1) is 5.92 Å². The molecule has 0 unspecified atom stereocenters. The highest BCUT2D eigenvalue weighted by atomic mass is 16.1. The third-order valence-electron chi connectivity index (χ3n) is 4.02. The van der Waals surface area contributed by atoms with Gasteiger partial charge in [-0.3, -0.25) is 4.79 Å². The average molecular weight is 281 g/mol. The van der Waals surface area contributed by atoms with E-state index in [4.69, 9.17) is 5.73 Å². The summed E-state index contributed by atoms with van der Waals surface area (Å²) in [4.78, 5) is 19.0. The van der Waals surface area contributed by atoms with Gasteiger partial charge in [-0.2, -0.15) is 0 Å². The zero-order valence-corrected chi connectivity index (χ0v) is 11.9. The normalized spacial score (nSPS) is 15.9. The van der Waals surface area contributed by atoms with Crippen molar-refractivity contribution >= 4 is 17.3 Å². The van der Waals surface area contributed by atoms with Crippen molar-refractivity contribution in [3.63, 3.8) is 0 Å². The van der Waals surface area contributed by atoms with Crippen LogP contribution in [-0.2, 0) is 0 Å². The highest BCUT2D eigenvalue weighted by molar-refractivity contribution is 5.97. The monoisotopic (exact) mass is 281 g/mol. The largest absolute Gasteiger partial charge is 0.397 e. The Balaban J connectivity index is 1.63. The van der Waals surface area contributed by atoms with E-state index in [1.807, 2.05) is 42.5 Å². The van der Waals surface area contributed by atoms with Crippen molar-refractivity contribution in [3.8, 4) is 0 Å². The number of Topliss-reactive ketones (excluding diaryl/α,β-unsaturated/α-hetero) is 1. The number of rotatable bonds is 3. The van der Waals surface area contributed by atoms with Crippen LogP contribution >= 0.6 is 0 Å². The van der Waals surface area contributed by atoms with Crippen molar-refractivity contribution in [2.24, 2.45) is 5.92 Å². The number of carbonyl (C=O) groups excluding carboxylic acids is 1. The van der Waals surface area contributed by atoms with E-state index >= 15 is 0 Å². The molecule has 0 spiro atoms. The van der Waals surface area contributed by atoms with E-state index in [0.717, 1.165) is 37.3 Å². The zero-order valence-electron chi connectivity index (χ0n) is 11.9. The van der Waals surface area contributed by atoms with Crippen LogP contribution < -0.4 is 10.6 Å². The van der Waals surface area contributed by atoms with E-state index in [2.05, 4.69) is 9.88 Å². The molecule has 1 aromatic carbocycles. The van der Waals surface area contributed by atoms with Crippen LogP contribution in [0.4, 0.5) is 11.5 Å². The van der Waals surface area contributed by atoms with Crippen molar-refractivity contribution in [1.29, 1.82) is 0 Å². The van der Waals surface area contributed by atoms with Gasteiger partial charge in [-0.1, -0.05) is 30.3 Å². The second kappa shape index (κ2) is 5.95. The first kappa shape index (κ1) is 13.6. The van der Waals surface area contributed by atoms with Crippen LogP contribution in [0.2, 0.25) is 0 Å². The lowest BCUT2D eigenvalue weighted by atomic mass is 9.89. The van der Waals surface area contributed by atoms with E-state index in [0.29, 0.717) is 5.69 Å². The van der Waals surface area contributed by atoms with Gasteiger partial charge in [0.15, 0.2) is 5.78 Å². The van der Waals surface area contributed by atoms with Crippen LogP contribution in [0.5, 0.6) is 0 Å². The fourth-order valence-electron chi connectivity index (χ4n) is 2.79. The summed E-state index contributed by atoms with van der Waals surface area (Å²) in [6.45, 7) is 1.72. The Hall–Kier alpha value is -2.36. The Morgan fingerprint density at radius 1 is 1.10 bits per heavy atom. The number of aromatic nitrogens is 1. The van der Waals surface area contributed by atoms with Gasteiger partial charge >= 0.3 is 0 Å². The third kappa shape index (κ3) is 3.05. The Labute approximate surface area is 124 Å². The van der Waals surface area contributed by atoms with Gasteiger partial charge < -0.3 is 10.6 Å². The first-order valence-electron chi connectivity index (χ1n) is 7.30. The maximum atomic E-state index is 12.4. The van der Waals surface area contributed by atoms with E-state index in [1.54, 1.807) is 6.20 Å². The molecule has 3 rings (SSSR count). The molecule has 0 amide bonds. The fraction of sp³-hybridized carbons (Fsp3) is 0.294. The topological polar surface area (TPSA) is 59.2 Å².